The molecule has 0 bridgehead atoms. The summed E-state index contributed by atoms with van der Waals surface area (Å²) in [6.07, 6.45) is 3.37. The maximum absolute atomic E-state index is 12.7. The van der Waals surface area contributed by atoms with Gasteiger partial charge in [-0.2, -0.15) is 0 Å². The van der Waals surface area contributed by atoms with E-state index in [9.17, 15) is 4.79 Å². The molecule has 0 aliphatic carbocycles. The molecule has 4 rings (SSSR count). The van der Waals surface area contributed by atoms with E-state index in [-0.39, 0.29) is 5.91 Å². The number of likely N-dealkylation sites (tertiary alicyclic amines) is 1. The molecule has 27 heavy (non-hydrogen) atoms. The number of hydrogen-bond acceptors (Lipinski definition) is 5. The van der Waals surface area contributed by atoms with E-state index < -0.39 is 0 Å². The van der Waals surface area contributed by atoms with Crippen molar-refractivity contribution >= 4 is 39.7 Å². The first kappa shape index (κ1) is 18.2. The second kappa shape index (κ2) is 7.46. The minimum atomic E-state index is 0.166. The van der Waals surface area contributed by atoms with Crippen LogP contribution in [0.5, 0.6) is 0 Å². The summed E-state index contributed by atoms with van der Waals surface area (Å²) in [7, 11) is 0. The molecule has 1 fully saturated rings. The number of fused-ring (bicyclic) bond motifs is 3. The predicted octanol–water partition coefficient (Wildman–Crippen LogP) is 3.88. The zero-order valence-electron chi connectivity index (χ0n) is 16.1. The van der Waals surface area contributed by atoms with E-state index in [4.69, 9.17) is 4.98 Å². The van der Waals surface area contributed by atoms with Crippen LogP contribution < -0.4 is 0 Å². The molecule has 3 heterocycles. The number of carbonyl (C=O) groups is 1. The van der Waals surface area contributed by atoms with Crippen molar-refractivity contribution in [3.05, 3.63) is 24.3 Å². The van der Waals surface area contributed by atoms with Gasteiger partial charge in [-0.25, -0.2) is 4.98 Å². The molecule has 1 aliphatic heterocycles. The molecule has 1 saturated heterocycles. The van der Waals surface area contributed by atoms with Crippen LogP contribution >= 0.6 is 11.8 Å². The Morgan fingerprint density at radius 2 is 1.93 bits per heavy atom. The number of hydrogen-bond donors (Lipinski definition) is 0. The average Bonchev–Trinajstić information content (AvgIpc) is 2.99. The summed E-state index contributed by atoms with van der Waals surface area (Å²) in [5, 5.41) is 10.3. The van der Waals surface area contributed by atoms with Crippen molar-refractivity contribution < 1.29 is 4.79 Å². The molecule has 3 aromatic rings. The topological polar surface area (TPSA) is 63.9 Å². The van der Waals surface area contributed by atoms with Gasteiger partial charge in [-0.15, -0.1) is 10.2 Å². The lowest BCUT2D eigenvalue weighted by molar-refractivity contribution is -0.134. The zero-order chi connectivity index (χ0) is 19.0. The zero-order valence-corrected chi connectivity index (χ0v) is 16.9. The highest BCUT2D eigenvalue weighted by atomic mass is 32.2. The summed E-state index contributed by atoms with van der Waals surface area (Å²) in [6.45, 7) is 7.20. The van der Waals surface area contributed by atoms with Gasteiger partial charge in [0.1, 0.15) is 5.52 Å². The highest BCUT2D eigenvalue weighted by Gasteiger charge is 2.28. The van der Waals surface area contributed by atoms with E-state index >= 15 is 0 Å². The van der Waals surface area contributed by atoms with Crippen molar-refractivity contribution in [3.63, 3.8) is 0 Å². The molecule has 7 heteroatoms. The van der Waals surface area contributed by atoms with Crippen molar-refractivity contribution in [2.24, 2.45) is 0 Å². The normalized spacial score (nSPS) is 20.5. The number of aryl methyl sites for hydroxylation is 1. The fourth-order valence-electron chi connectivity index (χ4n) is 4.18. The molecular formula is C20H25N5OS. The highest BCUT2D eigenvalue weighted by molar-refractivity contribution is 7.99. The van der Waals surface area contributed by atoms with E-state index in [1.54, 1.807) is 0 Å². The minimum Gasteiger partial charge on any atom is -0.337 e. The first-order valence-corrected chi connectivity index (χ1v) is 10.6. The number of para-hydroxylation sites is 1. The molecule has 0 spiro atoms. The van der Waals surface area contributed by atoms with Gasteiger partial charge in [-0.3, -0.25) is 4.79 Å². The van der Waals surface area contributed by atoms with E-state index in [0.29, 0.717) is 23.0 Å². The first-order chi connectivity index (χ1) is 13.1. The minimum absolute atomic E-state index is 0.166. The molecule has 6 nitrogen and oxygen atoms in total. The Bertz CT molecular complexity index is 975. The maximum Gasteiger partial charge on any atom is 0.233 e. The van der Waals surface area contributed by atoms with Gasteiger partial charge in [-0.05, 0) is 46.1 Å². The average molecular weight is 384 g/mol. The monoisotopic (exact) mass is 383 g/mol. The van der Waals surface area contributed by atoms with Crippen molar-refractivity contribution in [2.75, 3.05) is 5.75 Å². The third-order valence-electron chi connectivity index (χ3n) is 5.48. The number of nitrogens with zero attached hydrogens (tertiary/aromatic N) is 5. The molecule has 0 radical (unpaired) electrons. The lowest BCUT2D eigenvalue weighted by atomic mass is 9.98. The van der Waals surface area contributed by atoms with Crippen molar-refractivity contribution in [1.82, 2.24) is 24.6 Å². The Labute approximate surface area is 163 Å². The Morgan fingerprint density at radius 1 is 1.19 bits per heavy atom. The Hall–Kier alpha value is -2.15. The Kier molecular flexibility index (Phi) is 5.04. The van der Waals surface area contributed by atoms with Gasteiger partial charge in [0.25, 0.3) is 0 Å². The van der Waals surface area contributed by atoms with Crippen LogP contribution in [0.1, 0.15) is 40.0 Å². The molecule has 1 aromatic carbocycles. The predicted molar refractivity (Wildman–Crippen MR) is 109 cm³/mol. The molecule has 0 saturated carbocycles. The number of benzene rings is 1. The van der Waals surface area contributed by atoms with E-state index in [1.165, 1.54) is 18.2 Å². The Morgan fingerprint density at radius 3 is 2.67 bits per heavy atom. The number of carbonyl (C=O) groups excluding carboxylic acids is 1. The molecule has 1 aliphatic rings. The second-order valence-corrected chi connectivity index (χ2v) is 8.19. The lowest BCUT2D eigenvalue weighted by Gasteiger charge is -2.39. The summed E-state index contributed by atoms with van der Waals surface area (Å²) in [5.74, 6) is 0.522. The van der Waals surface area contributed by atoms with Crippen LogP contribution in [0.25, 0.3) is 22.1 Å². The quantitative estimate of drug-likeness (QED) is 0.640. The fraction of sp³-hybridized carbons (Fsp3) is 0.500. The standard InChI is InChI=1S/C20H25N5OS/c1-4-24-16-11-6-5-10-15(16)18-19(24)21-20(23-22-18)27-12-17(26)25-13(2)8-7-9-14(25)3/h5-6,10-11,13-14H,4,7-9,12H2,1-3H3/t13-,14-/m0/s1. The van der Waals surface area contributed by atoms with Gasteiger partial charge in [0, 0.05) is 24.0 Å². The van der Waals surface area contributed by atoms with Crippen molar-refractivity contribution in [2.45, 2.75) is 63.8 Å². The third-order valence-corrected chi connectivity index (χ3v) is 6.30. The van der Waals surface area contributed by atoms with Crippen LogP contribution in [0, 0.1) is 0 Å². The number of piperidine rings is 1. The lowest BCUT2D eigenvalue weighted by Crippen LogP contribution is -2.48. The van der Waals surface area contributed by atoms with Crippen LogP contribution in [0.15, 0.2) is 29.4 Å². The second-order valence-electron chi connectivity index (χ2n) is 7.25. The smallest absolute Gasteiger partial charge is 0.233 e. The molecule has 2 aromatic heterocycles. The molecule has 0 unspecified atom stereocenters. The van der Waals surface area contributed by atoms with Gasteiger partial charge in [0.15, 0.2) is 5.65 Å². The van der Waals surface area contributed by atoms with E-state index in [1.807, 2.05) is 17.0 Å². The van der Waals surface area contributed by atoms with Crippen LogP contribution in [0.3, 0.4) is 0 Å². The fourth-order valence-corrected chi connectivity index (χ4v) is 4.84. The van der Waals surface area contributed by atoms with Gasteiger partial charge >= 0.3 is 0 Å². The summed E-state index contributed by atoms with van der Waals surface area (Å²) in [5.41, 5.74) is 2.77. The van der Waals surface area contributed by atoms with Crippen molar-refractivity contribution in [3.8, 4) is 0 Å². The van der Waals surface area contributed by atoms with Gasteiger partial charge < -0.3 is 9.47 Å². The van der Waals surface area contributed by atoms with Crippen LogP contribution in [0.4, 0.5) is 0 Å². The van der Waals surface area contributed by atoms with E-state index in [0.717, 1.165) is 41.5 Å². The van der Waals surface area contributed by atoms with Gasteiger partial charge in [0.05, 0.1) is 11.3 Å². The first-order valence-electron chi connectivity index (χ1n) is 9.65. The highest BCUT2D eigenvalue weighted by Crippen LogP contribution is 2.28. The van der Waals surface area contributed by atoms with Crippen LogP contribution in [0.2, 0.25) is 0 Å². The molecule has 1 amide bonds. The molecule has 2 atom stereocenters. The third kappa shape index (κ3) is 3.29. The number of aromatic nitrogens is 4. The largest absolute Gasteiger partial charge is 0.337 e. The van der Waals surface area contributed by atoms with E-state index in [2.05, 4.69) is 47.7 Å². The molecule has 142 valence electrons. The molecule has 0 N–H and O–H groups in total. The SMILES string of the molecule is CCn1c2ccccc2c2nnc(SCC(=O)N3[C@@H](C)CCC[C@@H]3C)nc21. The van der Waals surface area contributed by atoms with Crippen LogP contribution in [-0.2, 0) is 11.3 Å². The maximum atomic E-state index is 12.7. The summed E-state index contributed by atoms with van der Waals surface area (Å²) in [4.78, 5) is 19.5. The van der Waals surface area contributed by atoms with Gasteiger partial charge in [-0.1, -0.05) is 30.0 Å². The molecular weight excluding hydrogens is 358 g/mol. The number of rotatable bonds is 4. The summed E-state index contributed by atoms with van der Waals surface area (Å²) in [6, 6.07) is 8.78. The van der Waals surface area contributed by atoms with Crippen molar-refractivity contribution in [1.29, 1.82) is 0 Å². The Balaban J connectivity index is 1.58. The van der Waals surface area contributed by atoms with Crippen LogP contribution in [-0.4, -0.2) is 48.4 Å². The number of thioether (sulfide) groups is 1. The van der Waals surface area contributed by atoms with Gasteiger partial charge in [0.2, 0.25) is 11.1 Å². The summed E-state index contributed by atoms with van der Waals surface area (Å²) < 4.78 is 2.15. The summed E-state index contributed by atoms with van der Waals surface area (Å²) >= 11 is 1.38. The number of amides is 1.